The van der Waals surface area contributed by atoms with Gasteiger partial charge in [0.2, 0.25) is 0 Å². The normalized spacial score (nSPS) is 24.6. The zero-order valence-corrected chi connectivity index (χ0v) is 21.8. The highest BCUT2D eigenvalue weighted by atomic mass is 32.2. The van der Waals surface area contributed by atoms with E-state index in [1.165, 1.54) is 4.31 Å². The van der Waals surface area contributed by atoms with Gasteiger partial charge in [-0.3, -0.25) is 10.1 Å². The number of piperidine rings is 2. The fourth-order valence-electron chi connectivity index (χ4n) is 5.92. The van der Waals surface area contributed by atoms with Crippen LogP contribution >= 0.6 is 0 Å². The summed E-state index contributed by atoms with van der Waals surface area (Å²) in [4.78, 5) is 16.0. The number of nitrogens with one attached hydrogen (secondary N) is 2. The van der Waals surface area contributed by atoms with E-state index >= 15 is 0 Å². The third-order valence-corrected chi connectivity index (χ3v) is 9.96. The number of nitrogens with zero attached hydrogens (tertiary/aromatic N) is 8. The lowest BCUT2D eigenvalue weighted by Gasteiger charge is -2.52. The zero-order valence-electron chi connectivity index (χ0n) is 21.0. The molecule has 0 aromatic carbocycles. The van der Waals surface area contributed by atoms with E-state index in [1.807, 2.05) is 7.05 Å². The molecule has 0 radical (unpaired) electrons. The van der Waals surface area contributed by atoms with Crippen LogP contribution in [0.1, 0.15) is 37.8 Å². The van der Waals surface area contributed by atoms with Crippen molar-refractivity contribution >= 4 is 38.7 Å². The number of pyridine rings is 1. The second kappa shape index (κ2) is 9.73. The third kappa shape index (κ3) is 4.35. The first-order valence-corrected chi connectivity index (χ1v) is 14.2. The topological polar surface area (TPSA) is 167 Å². The van der Waals surface area contributed by atoms with Crippen LogP contribution in [0.4, 0.5) is 17.5 Å². The standard InChI is InChI=1S/C24H30N10O3S/c1-32(19-8-17-3-2-4-18(9-19)34(17)38(36,37)33-12-15(11-25)13-33)24-23-20(26-5-6-27-23)10-21(29-24)28-22-7-16(14-35)30-31-22/h5-7,10,15,17-19,35H,2-4,8-9,12-14H2,1H3,(H2,28,29,30,31). The Bertz CT molecular complexity index is 1470. The molecular weight excluding hydrogens is 508 g/mol. The molecule has 3 saturated heterocycles. The van der Waals surface area contributed by atoms with Crippen LogP contribution in [0, 0.1) is 17.2 Å². The number of fused-ring (bicyclic) bond motifs is 3. The van der Waals surface area contributed by atoms with Crippen molar-refractivity contribution in [2.24, 2.45) is 5.92 Å². The Hall–Kier alpha value is -3.38. The van der Waals surface area contributed by atoms with Crippen molar-refractivity contribution in [3.05, 3.63) is 30.2 Å². The number of hydrogen-bond donors (Lipinski definition) is 3. The Morgan fingerprint density at radius 3 is 2.61 bits per heavy atom. The number of hydrogen-bond acceptors (Lipinski definition) is 10. The van der Waals surface area contributed by atoms with Crippen molar-refractivity contribution in [1.82, 2.24) is 33.8 Å². The maximum absolute atomic E-state index is 13.5. The van der Waals surface area contributed by atoms with Gasteiger partial charge in [0.25, 0.3) is 10.2 Å². The van der Waals surface area contributed by atoms with Crippen molar-refractivity contribution < 1.29 is 13.5 Å². The molecule has 0 spiro atoms. The first kappa shape index (κ1) is 24.9. The summed E-state index contributed by atoms with van der Waals surface area (Å²) in [6.45, 7) is 0.414. The molecule has 3 N–H and O–H groups in total. The van der Waals surface area contributed by atoms with Crippen LogP contribution in [0.2, 0.25) is 0 Å². The summed E-state index contributed by atoms with van der Waals surface area (Å²) >= 11 is 0. The van der Waals surface area contributed by atoms with Gasteiger partial charge < -0.3 is 15.3 Å². The predicted molar refractivity (Wildman–Crippen MR) is 139 cm³/mol. The van der Waals surface area contributed by atoms with E-state index in [9.17, 15) is 13.5 Å². The van der Waals surface area contributed by atoms with Gasteiger partial charge in [0.05, 0.1) is 29.8 Å². The van der Waals surface area contributed by atoms with E-state index in [2.05, 4.69) is 36.5 Å². The zero-order chi connectivity index (χ0) is 26.4. The Kier molecular flexibility index (Phi) is 6.39. The van der Waals surface area contributed by atoms with Gasteiger partial charge in [0.15, 0.2) is 11.6 Å². The van der Waals surface area contributed by atoms with Gasteiger partial charge >= 0.3 is 0 Å². The molecule has 2 bridgehead atoms. The van der Waals surface area contributed by atoms with Crippen LogP contribution < -0.4 is 10.2 Å². The highest BCUT2D eigenvalue weighted by molar-refractivity contribution is 7.86. The SMILES string of the molecule is CN(c1nc(Nc2cc(CO)[nH]n2)cc2nccnc12)C1CC2CCCC(C1)N2S(=O)(=O)N1CC(C#N)C1. The minimum absolute atomic E-state index is 0.0688. The molecule has 3 aliphatic heterocycles. The van der Waals surface area contributed by atoms with E-state index in [1.54, 1.807) is 28.8 Å². The molecule has 3 fully saturated rings. The minimum Gasteiger partial charge on any atom is -0.390 e. The van der Waals surface area contributed by atoms with Crippen molar-refractivity contribution in [3.8, 4) is 6.07 Å². The highest BCUT2D eigenvalue weighted by Gasteiger charge is 2.50. The second-order valence-electron chi connectivity index (χ2n) is 10.3. The summed E-state index contributed by atoms with van der Waals surface area (Å²) in [5, 5.41) is 28.5. The molecule has 6 heterocycles. The van der Waals surface area contributed by atoms with Crippen molar-refractivity contribution in [3.63, 3.8) is 0 Å². The highest BCUT2D eigenvalue weighted by Crippen LogP contribution is 2.41. The van der Waals surface area contributed by atoms with Gasteiger partial charge in [0.1, 0.15) is 11.3 Å². The van der Waals surface area contributed by atoms with E-state index in [0.29, 0.717) is 47.0 Å². The van der Waals surface area contributed by atoms with Gasteiger partial charge in [-0.15, -0.1) is 0 Å². The molecule has 13 nitrogen and oxygen atoms in total. The van der Waals surface area contributed by atoms with Crippen molar-refractivity contribution in [2.45, 2.75) is 56.8 Å². The number of aromatic nitrogens is 5. The molecule has 0 saturated carbocycles. The number of aliphatic hydroxyl groups excluding tert-OH is 1. The summed E-state index contributed by atoms with van der Waals surface area (Å²) in [6.07, 6.45) is 7.28. The van der Waals surface area contributed by atoms with Crippen molar-refractivity contribution in [1.29, 1.82) is 5.26 Å². The third-order valence-electron chi connectivity index (χ3n) is 7.88. The lowest BCUT2D eigenvalue weighted by molar-refractivity contribution is 0.0932. The maximum Gasteiger partial charge on any atom is 0.282 e. The van der Waals surface area contributed by atoms with Crippen LogP contribution in [0.25, 0.3) is 11.0 Å². The molecule has 14 heteroatoms. The van der Waals surface area contributed by atoms with Gasteiger partial charge in [-0.05, 0) is 25.7 Å². The molecule has 2 unspecified atom stereocenters. The maximum atomic E-state index is 13.5. The number of aliphatic hydroxyl groups is 1. The summed E-state index contributed by atoms with van der Waals surface area (Å²) < 4.78 is 30.1. The molecule has 200 valence electrons. The smallest absolute Gasteiger partial charge is 0.282 e. The number of anilines is 3. The Morgan fingerprint density at radius 2 is 1.92 bits per heavy atom. The Balaban J connectivity index is 1.27. The molecule has 0 amide bonds. The molecule has 6 rings (SSSR count). The predicted octanol–water partition coefficient (Wildman–Crippen LogP) is 1.51. The molecule has 38 heavy (non-hydrogen) atoms. The number of H-pyrrole nitrogens is 1. The molecular formula is C24H30N10O3S. The van der Waals surface area contributed by atoms with E-state index in [0.717, 1.165) is 19.3 Å². The summed E-state index contributed by atoms with van der Waals surface area (Å²) in [7, 11) is -1.61. The summed E-state index contributed by atoms with van der Waals surface area (Å²) in [5.41, 5.74) is 1.93. The molecule has 3 aliphatic rings. The van der Waals surface area contributed by atoms with Gasteiger partial charge in [-0.25, -0.2) is 9.97 Å². The van der Waals surface area contributed by atoms with Crippen LogP contribution in [0.15, 0.2) is 24.5 Å². The van der Waals surface area contributed by atoms with E-state index in [4.69, 9.17) is 10.2 Å². The quantitative estimate of drug-likeness (QED) is 0.401. The average molecular weight is 539 g/mol. The minimum atomic E-state index is -3.60. The van der Waals surface area contributed by atoms with Crippen molar-refractivity contribution in [2.75, 3.05) is 30.4 Å². The number of rotatable bonds is 7. The first-order valence-electron chi connectivity index (χ1n) is 12.8. The Morgan fingerprint density at radius 1 is 1.18 bits per heavy atom. The van der Waals surface area contributed by atoms with Gasteiger partial charge in [-0.2, -0.15) is 27.4 Å². The van der Waals surface area contributed by atoms with Crippen LogP contribution in [0.5, 0.6) is 0 Å². The van der Waals surface area contributed by atoms with Crippen LogP contribution in [0.3, 0.4) is 0 Å². The lowest BCUT2D eigenvalue weighted by Crippen LogP contribution is -2.64. The first-order chi connectivity index (χ1) is 18.4. The summed E-state index contributed by atoms with van der Waals surface area (Å²) in [5.74, 6) is 1.51. The summed E-state index contributed by atoms with van der Waals surface area (Å²) in [6, 6.07) is 5.55. The molecule has 2 atom stereocenters. The fraction of sp³-hybridized carbons (Fsp3) is 0.542. The number of aromatic amines is 1. The van der Waals surface area contributed by atoms with E-state index < -0.39 is 10.2 Å². The fourth-order valence-corrected chi connectivity index (χ4v) is 8.06. The number of nitriles is 1. The molecule has 3 aromatic rings. The lowest BCUT2D eigenvalue weighted by atomic mass is 9.83. The molecule has 0 aliphatic carbocycles. The van der Waals surface area contributed by atoms with Crippen LogP contribution in [-0.4, -0.2) is 85.5 Å². The van der Waals surface area contributed by atoms with E-state index in [-0.39, 0.29) is 43.7 Å². The Labute approximate surface area is 220 Å². The second-order valence-corrected chi connectivity index (χ2v) is 12.1. The average Bonchev–Trinajstić information content (AvgIpc) is 3.33. The molecule has 3 aromatic heterocycles. The monoisotopic (exact) mass is 538 g/mol. The van der Waals surface area contributed by atoms with Crippen LogP contribution in [-0.2, 0) is 16.8 Å². The van der Waals surface area contributed by atoms with Gasteiger partial charge in [-0.1, -0.05) is 6.42 Å². The largest absolute Gasteiger partial charge is 0.390 e. The van der Waals surface area contributed by atoms with Gasteiger partial charge in [0, 0.05) is 62.8 Å².